The van der Waals surface area contributed by atoms with Crippen molar-refractivity contribution in [2.45, 2.75) is 6.54 Å². The maximum absolute atomic E-state index is 12.2. The zero-order valence-corrected chi connectivity index (χ0v) is 11.3. The number of carbonyl (C=O) groups excluding carboxylic acids is 1. The standard InChI is InChI=1S/C15H12N2O4/c1-20-11-6-4-10(5-7-11)12(18)9-17-14-13(21-15(17)19)3-2-8-16-14/h2-8H,9H2,1H3. The molecule has 3 aromatic rings. The average molecular weight is 284 g/mol. The van der Waals surface area contributed by atoms with Gasteiger partial charge in [0.05, 0.1) is 13.7 Å². The second-order valence-electron chi connectivity index (χ2n) is 4.43. The molecular weight excluding hydrogens is 272 g/mol. The number of ether oxygens (including phenoxy) is 1. The highest BCUT2D eigenvalue weighted by Crippen LogP contribution is 2.13. The Labute approximate surface area is 119 Å². The van der Waals surface area contributed by atoms with Crippen molar-refractivity contribution in [2.75, 3.05) is 7.11 Å². The summed E-state index contributed by atoms with van der Waals surface area (Å²) in [5.41, 5.74) is 1.22. The van der Waals surface area contributed by atoms with Gasteiger partial charge < -0.3 is 9.15 Å². The van der Waals surface area contributed by atoms with E-state index in [1.807, 2.05) is 0 Å². The Bertz CT molecular complexity index is 846. The Hall–Kier alpha value is -2.89. The Morgan fingerprint density at radius 3 is 2.76 bits per heavy atom. The molecule has 1 aromatic carbocycles. The van der Waals surface area contributed by atoms with Crippen molar-refractivity contribution in [1.29, 1.82) is 0 Å². The lowest BCUT2D eigenvalue weighted by Gasteiger charge is -2.03. The first kappa shape index (κ1) is 13.1. The van der Waals surface area contributed by atoms with Crippen molar-refractivity contribution in [3.63, 3.8) is 0 Å². The number of ketones is 1. The Morgan fingerprint density at radius 1 is 1.29 bits per heavy atom. The first-order chi connectivity index (χ1) is 10.2. The zero-order chi connectivity index (χ0) is 14.8. The van der Waals surface area contributed by atoms with E-state index in [2.05, 4.69) is 4.98 Å². The second-order valence-corrected chi connectivity index (χ2v) is 4.43. The van der Waals surface area contributed by atoms with Gasteiger partial charge >= 0.3 is 5.76 Å². The molecule has 6 nitrogen and oxygen atoms in total. The molecule has 0 aliphatic carbocycles. The number of pyridine rings is 1. The van der Waals surface area contributed by atoms with Crippen molar-refractivity contribution in [3.8, 4) is 5.75 Å². The first-order valence-corrected chi connectivity index (χ1v) is 6.30. The van der Waals surface area contributed by atoms with E-state index in [-0.39, 0.29) is 12.3 Å². The summed E-state index contributed by atoms with van der Waals surface area (Å²) in [5, 5.41) is 0. The van der Waals surface area contributed by atoms with Crippen LogP contribution in [0.2, 0.25) is 0 Å². The van der Waals surface area contributed by atoms with E-state index >= 15 is 0 Å². The zero-order valence-electron chi connectivity index (χ0n) is 11.3. The van der Waals surface area contributed by atoms with Crippen LogP contribution in [0.4, 0.5) is 0 Å². The Balaban J connectivity index is 1.92. The molecule has 0 amide bonds. The molecule has 0 spiro atoms. The number of hydrogen-bond donors (Lipinski definition) is 0. The van der Waals surface area contributed by atoms with Gasteiger partial charge in [-0.15, -0.1) is 0 Å². The molecule has 3 rings (SSSR count). The van der Waals surface area contributed by atoms with Crippen LogP contribution in [0.5, 0.6) is 5.75 Å². The van der Waals surface area contributed by atoms with Crippen LogP contribution >= 0.6 is 0 Å². The maximum atomic E-state index is 12.2. The number of benzene rings is 1. The first-order valence-electron chi connectivity index (χ1n) is 6.30. The number of Topliss-reactive ketones (excluding diaryl/α,β-unsaturated/α-hetero) is 1. The number of nitrogens with zero attached hydrogens (tertiary/aromatic N) is 2. The molecule has 0 fully saturated rings. The van der Waals surface area contributed by atoms with E-state index < -0.39 is 5.76 Å². The second kappa shape index (κ2) is 5.24. The third-order valence-corrected chi connectivity index (χ3v) is 3.14. The van der Waals surface area contributed by atoms with Crippen molar-refractivity contribution in [3.05, 3.63) is 58.7 Å². The van der Waals surface area contributed by atoms with E-state index in [4.69, 9.17) is 9.15 Å². The third kappa shape index (κ3) is 2.43. The average Bonchev–Trinajstić information content (AvgIpc) is 2.83. The molecule has 0 aliphatic heterocycles. The van der Waals surface area contributed by atoms with Gasteiger partial charge in [-0.25, -0.2) is 9.78 Å². The van der Waals surface area contributed by atoms with Gasteiger partial charge in [-0.3, -0.25) is 9.36 Å². The predicted molar refractivity (Wildman–Crippen MR) is 75.6 cm³/mol. The number of rotatable bonds is 4. The van der Waals surface area contributed by atoms with Gasteiger partial charge in [-0.1, -0.05) is 0 Å². The van der Waals surface area contributed by atoms with Gasteiger partial charge in [0.2, 0.25) is 0 Å². The van der Waals surface area contributed by atoms with E-state index in [1.54, 1.807) is 49.7 Å². The highest BCUT2D eigenvalue weighted by molar-refractivity contribution is 5.96. The van der Waals surface area contributed by atoms with Crippen LogP contribution in [-0.2, 0) is 6.54 Å². The number of methoxy groups -OCH3 is 1. The lowest BCUT2D eigenvalue weighted by atomic mass is 10.1. The summed E-state index contributed by atoms with van der Waals surface area (Å²) in [6, 6.07) is 10.0. The highest BCUT2D eigenvalue weighted by Gasteiger charge is 2.14. The van der Waals surface area contributed by atoms with Gasteiger partial charge in [0.1, 0.15) is 5.75 Å². The number of aromatic nitrogens is 2. The monoisotopic (exact) mass is 284 g/mol. The minimum atomic E-state index is -0.592. The molecule has 0 saturated heterocycles. The van der Waals surface area contributed by atoms with E-state index in [0.717, 1.165) is 0 Å². The van der Waals surface area contributed by atoms with Crippen LogP contribution in [0.1, 0.15) is 10.4 Å². The van der Waals surface area contributed by atoms with Crippen molar-refractivity contribution in [1.82, 2.24) is 9.55 Å². The quantitative estimate of drug-likeness (QED) is 0.684. The number of fused-ring (bicyclic) bond motifs is 1. The fraction of sp³-hybridized carbons (Fsp3) is 0.133. The fourth-order valence-corrected chi connectivity index (χ4v) is 2.05. The molecule has 0 atom stereocenters. The highest BCUT2D eigenvalue weighted by atomic mass is 16.5. The summed E-state index contributed by atoms with van der Waals surface area (Å²) in [4.78, 5) is 28.1. The largest absolute Gasteiger partial charge is 0.497 e. The smallest absolute Gasteiger partial charge is 0.421 e. The van der Waals surface area contributed by atoms with Crippen LogP contribution in [-0.4, -0.2) is 22.4 Å². The summed E-state index contributed by atoms with van der Waals surface area (Å²) < 4.78 is 11.3. The lowest BCUT2D eigenvalue weighted by molar-refractivity contribution is 0.0970. The number of carbonyl (C=O) groups is 1. The molecular formula is C15H12N2O4. The molecule has 106 valence electrons. The molecule has 0 aliphatic rings. The normalized spacial score (nSPS) is 10.7. The van der Waals surface area contributed by atoms with Gasteiger partial charge in [0.15, 0.2) is 17.0 Å². The molecule has 2 aromatic heterocycles. The van der Waals surface area contributed by atoms with Gasteiger partial charge in [0, 0.05) is 11.8 Å². The summed E-state index contributed by atoms with van der Waals surface area (Å²) in [6.07, 6.45) is 1.55. The minimum absolute atomic E-state index is 0.116. The van der Waals surface area contributed by atoms with Crippen molar-refractivity contribution in [2.24, 2.45) is 0 Å². The Morgan fingerprint density at radius 2 is 2.05 bits per heavy atom. The molecule has 0 bridgehead atoms. The van der Waals surface area contributed by atoms with Crippen molar-refractivity contribution >= 4 is 17.0 Å². The molecule has 2 heterocycles. The topological polar surface area (TPSA) is 74.3 Å². The molecule has 21 heavy (non-hydrogen) atoms. The SMILES string of the molecule is COc1ccc(C(=O)Cn2c(=O)oc3cccnc32)cc1. The van der Waals surface area contributed by atoms with E-state index in [1.165, 1.54) is 4.57 Å². The van der Waals surface area contributed by atoms with Crippen LogP contribution in [0, 0.1) is 0 Å². The summed E-state index contributed by atoms with van der Waals surface area (Å²) in [7, 11) is 1.56. The van der Waals surface area contributed by atoms with Crippen LogP contribution in [0.15, 0.2) is 51.8 Å². The maximum Gasteiger partial charge on any atom is 0.421 e. The molecule has 0 N–H and O–H groups in total. The molecule has 0 radical (unpaired) electrons. The van der Waals surface area contributed by atoms with E-state index in [0.29, 0.717) is 22.5 Å². The lowest BCUT2D eigenvalue weighted by Crippen LogP contribution is -2.20. The molecule has 0 saturated carbocycles. The van der Waals surface area contributed by atoms with Crippen molar-refractivity contribution < 1.29 is 13.9 Å². The molecule has 0 unspecified atom stereocenters. The van der Waals surface area contributed by atoms with Gasteiger partial charge in [-0.05, 0) is 36.4 Å². The van der Waals surface area contributed by atoms with Crippen LogP contribution in [0.25, 0.3) is 11.2 Å². The Kier molecular flexibility index (Phi) is 3.27. The van der Waals surface area contributed by atoms with Crippen LogP contribution < -0.4 is 10.5 Å². The van der Waals surface area contributed by atoms with E-state index in [9.17, 15) is 9.59 Å². The predicted octanol–water partition coefficient (Wildman–Crippen LogP) is 1.88. The van der Waals surface area contributed by atoms with Crippen LogP contribution in [0.3, 0.4) is 0 Å². The third-order valence-electron chi connectivity index (χ3n) is 3.14. The summed E-state index contributed by atoms with van der Waals surface area (Å²) >= 11 is 0. The summed E-state index contributed by atoms with van der Waals surface area (Å²) in [6.45, 7) is -0.116. The molecule has 6 heteroatoms. The van der Waals surface area contributed by atoms with Gasteiger partial charge in [0.25, 0.3) is 0 Å². The van der Waals surface area contributed by atoms with Gasteiger partial charge in [-0.2, -0.15) is 0 Å². The number of oxazole rings is 1. The fourth-order valence-electron chi connectivity index (χ4n) is 2.05. The number of hydrogen-bond acceptors (Lipinski definition) is 5. The summed E-state index contributed by atoms with van der Waals surface area (Å²) in [5.74, 6) is -0.127. The minimum Gasteiger partial charge on any atom is -0.497 e.